The number of aromatic nitrogens is 2. The van der Waals surface area contributed by atoms with Gasteiger partial charge in [-0.25, -0.2) is 0 Å². The Bertz CT molecular complexity index is 801. The lowest BCUT2D eigenvalue weighted by Crippen LogP contribution is -2.34. The van der Waals surface area contributed by atoms with E-state index in [4.69, 9.17) is 14.7 Å². The van der Waals surface area contributed by atoms with Crippen LogP contribution in [0.2, 0.25) is 0 Å². The van der Waals surface area contributed by atoms with E-state index in [0.29, 0.717) is 18.1 Å². The molecule has 0 atom stereocenters. The standard InChI is InChI=1S/C19H21N3O2/c20-19(12-4-5-13-19)18-21-17(24-22-18)11-9-15-8-10-16(23-15)14-6-2-1-3-7-14/h1-3,6-8,10H,4-5,9,11-13,20H2. The van der Waals surface area contributed by atoms with Crippen LogP contribution in [0.1, 0.15) is 43.2 Å². The second kappa shape index (κ2) is 6.24. The molecule has 0 amide bonds. The molecule has 1 fully saturated rings. The van der Waals surface area contributed by atoms with Crippen LogP contribution in [0.5, 0.6) is 0 Å². The third-order valence-corrected chi connectivity index (χ3v) is 4.71. The minimum absolute atomic E-state index is 0.396. The Balaban J connectivity index is 1.41. The zero-order chi connectivity index (χ0) is 16.4. The predicted molar refractivity (Wildman–Crippen MR) is 90.2 cm³/mol. The van der Waals surface area contributed by atoms with Gasteiger partial charge in [0.05, 0.1) is 5.54 Å². The van der Waals surface area contributed by atoms with Crippen molar-refractivity contribution in [3.8, 4) is 11.3 Å². The van der Waals surface area contributed by atoms with Gasteiger partial charge in [-0.2, -0.15) is 4.98 Å². The molecule has 4 rings (SSSR count). The third-order valence-electron chi connectivity index (χ3n) is 4.71. The van der Waals surface area contributed by atoms with Crippen molar-refractivity contribution in [3.05, 3.63) is 59.9 Å². The van der Waals surface area contributed by atoms with Gasteiger partial charge in [-0.1, -0.05) is 48.3 Å². The average molecular weight is 323 g/mol. The predicted octanol–water partition coefficient (Wildman–Crippen LogP) is 3.84. The van der Waals surface area contributed by atoms with Crippen molar-refractivity contribution in [2.24, 2.45) is 5.73 Å². The van der Waals surface area contributed by atoms with E-state index >= 15 is 0 Å². The number of nitrogens with two attached hydrogens (primary N) is 1. The number of rotatable bonds is 5. The molecule has 2 aromatic heterocycles. The Labute approximate surface area is 140 Å². The van der Waals surface area contributed by atoms with Gasteiger partial charge >= 0.3 is 0 Å². The third kappa shape index (κ3) is 2.99. The van der Waals surface area contributed by atoms with E-state index in [0.717, 1.165) is 49.2 Å². The quantitative estimate of drug-likeness (QED) is 0.771. The molecule has 2 N–H and O–H groups in total. The van der Waals surface area contributed by atoms with Crippen LogP contribution in [0.15, 0.2) is 51.4 Å². The lowest BCUT2D eigenvalue weighted by molar-refractivity contribution is 0.346. The van der Waals surface area contributed by atoms with Gasteiger partial charge in [0.15, 0.2) is 5.82 Å². The summed E-state index contributed by atoms with van der Waals surface area (Å²) in [6.45, 7) is 0. The summed E-state index contributed by atoms with van der Waals surface area (Å²) in [5, 5.41) is 4.09. The van der Waals surface area contributed by atoms with Crippen molar-refractivity contribution in [1.82, 2.24) is 10.1 Å². The largest absolute Gasteiger partial charge is 0.461 e. The first-order chi connectivity index (χ1) is 11.7. The van der Waals surface area contributed by atoms with Crippen LogP contribution < -0.4 is 5.73 Å². The van der Waals surface area contributed by atoms with Gasteiger partial charge in [0.2, 0.25) is 5.89 Å². The van der Waals surface area contributed by atoms with Crippen molar-refractivity contribution < 1.29 is 8.94 Å². The highest BCUT2D eigenvalue weighted by atomic mass is 16.5. The molecule has 1 saturated carbocycles. The highest BCUT2D eigenvalue weighted by Gasteiger charge is 2.35. The first-order valence-corrected chi connectivity index (χ1v) is 8.49. The molecular weight excluding hydrogens is 302 g/mol. The van der Waals surface area contributed by atoms with Crippen LogP contribution in [0.3, 0.4) is 0 Å². The van der Waals surface area contributed by atoms with E-state index in [-0.39, 0.29) is 0 Å². The van der Waals surface area contributed by atoms with Crippen LogP contribution in [-0.4, -0.2) is 10.1 Å². The molecular formula is C19H21N3O2. The van der Waals surface area contributed by atoms with Gasteiger partial charge in [-0.05, 0) is 25.0 Å². The van der Waals surface area contributed by atoms with E-state index in [1.54, 1.807) is 0 Å². The number of nitrogens with zero attached hydrogens (tertiary/aromatic N) is 2. The van der Waals surface area contributed by atoms with Crippen LogP contribution in [0.4, 0.5) is 0 Å². The fraction of sp³-hybridized carbons (Fsp3) is 0.368. The second-order valence-electron chi connectivity index (χ2n) is 6.51. The maximum absolute atomic E-state index is 6.37. The topological polar surface area (TPSA) is 78.1 Å². The minimum Gasteiger partial charge on any atom is -0.461 e. The molecule has 0 aliphatic heterocycles. The van der Waals surface area contributed by atoms with Crippen LogP contribution in [0.25, 0.3) is 11.3 Å². The Morgan fingerprint density at radius 2 is 1.79 bits per heavy atom. The van der Waals surface area contributed by atoms with E-state index in [1.807, 2.05) is 42.5 Å². The van der Waals surface area contributed by atoms with Crippen LogP contribution in [0, 0.1) is 0 Å². The maximum Gasteiger partial charge on any atom is 0.227 e. The summed E-state index contributed by atoms with van der Waals surface area (Å²) >= 11 is 0. The number of hydrogen-bond donors (Lipinski definition) is 1. The van der Waals surface area contributed by atoms with E-state index in [9.17, 15) is 0 Å². The molecule has 24 heavy (non-hydrogen) atoms. The zero-order valence-electron chi connectivity index (χ0n) is 13.6. The Hall–Kier alpha value is -2.40. The molecule has 2 heterocycles. The highest BCUT2D eigenvalue weighted by Crippen LogP contribution is 2.34. The SMILES string of the molecule is NC1(c2noc(CCc3ccc(-c4ccccc4)o3)n2)CCCC1. The normalized spacial score (nSPS) is 16.5. The first kappa shape index (κ1) is 15.1. The summed E-state index contributed by atoms with van der Waals surface area (Å²) in [4.78, 5) is 4.50. The maximum atomic E-state index is 6.37. The smallest absolute Gasteiger partial charge is 0.227 e. The van der Waals surface area contributed by atoms with Crippen LogP contribution in [-0.2, 0) is 18.4 Å². The van der Waals surface area contributed by atoms with Crippen molar-refractivity contribution in [2.45, 2.75) is 44.1 Å². The summed E-state index contributed by atoms with van der Waals surface area (Å²) in [7, 11) is 0. The van der Waals surface area contributed by atoms with Gasteiger partial charge < -0.3 is 14.7 Å². The van der Waals surface area contributed by atoms with Gasteiger partial charge in [0.25, 0.3) is 0 Å². The Morgan fingerprint density at radius 3 is 2.58 bits per heavy atom. The summed E-state index contributed by atoms with van der Waals surface area (Å²) in [6, 6.07) is 14.1. The second-order valence-corrected chi connectivity index (χ2v) is 6.51. The lowest BCUT2D eigenvalue weighted by Gasteiger charge is -2.17. The molecule has 0 bridgehead atoms. The van der Waals surface area contributed by atoms with Crippen molar-refractivity contribution in [3.63, 3.8) is 0 Å². The number of furan rings is 1. The summed E-state index contributed by atoms with van der Waals surface area (Å²) in [5.74, 6) is 3.07. The molecule has 5 nitrogen and oxygen atoms in total. The molecule has 5 heteroatoms. The Kier molecular flexibility index (Phi) is 3.94. The number of aryl methyl sites for hydroxylation is 2. The molecule has 1 aliphatic carbocycles. The zero-order valence-corrected chi connectivity index (χ0v) is 13.6. The summed E-state index contributed by atoms with van der Waals surface area (Å²) < 4.78 is 11.3. The molecule has 124 valence electrons. The lowest BCUT2D eigenvalue weighted by atomic mass is 9.99. The minimum atomic E-state index is -0.396. The van der Waals surface area contributed by atoms with E-state index in [2.05, 4.69) is 10.1 Å². The molecule has 0 radical (unpaired) electrons. The molecule has 0 unspecified atom stereocenters. The van der Waals surface area contributed by atoms with Crippen LogP contribution >= 0.6 is 0 Å². The molecule has 1 aliphatic rings. The fourth-order valence-corrected chi connectivity index (χ4v) is 3.29. The van der Waals surface area contributed by atoms with Gasteiger partial charge in [0, 0.05) is 18.4 Å². The number of benzene rings is 1. The van der Waals surface area contributed by atoms with Gasteiger partial charge in [0.1, 0.15) is 11.5 Å². The Morgan fingerprint density at radius 1 is 1.00 bits per heavy atom. The first-order valence-electron chi connectivity index (χ1n) is 8.49. The van der Waals surface area contributed by atoms with Crippen molar-refractivity contribution >= 4 is 0 Å². The van der Waals surface area contributed by atoms with Crippen molar-refractivity contribution in [2.75, 3.05) is 0 Å². The summed E-state index contributed by atoms with van der Waals surface area (Å²) in [6.07, 6.45) is 5.52. The number of hydrogen-bond acceptors (Lipinski definition) is 5. The van der Waals surface area contributed by atoms with Crippen molar-refractivity contribution in [1.29, 1.82) is 0 Å². The van der Waals surface area contributed by atoms with Gasteiger partial charge in [-0.15, -0.1) is 0 Å². The van der Waals surface area contributed by atoms with E-state index in [1.165, 1.54) is 0 Å². The molecule has 3 aromatic rings. The average Bonchev–Trinajstić information content (AvgIpc) is 3.35. The fourth-order valence-electron chi connectivity index (χ4n) is 3.29. The van der Waals surface area contributed by atoms with E-state index < -0.39 is 5.54 Å². The summed E-state index contributed by atoms with van der Waals surface area (Å²) in [5.41, 5.74) is 7.05. The highest BCUT2D eigenvalue weighted by molar-refractivity contribution is 5.57. The molecule has 0 saturated heterocycles. The molecule has 1 aromatic carbocycles. The molecule has 0 spiro atoms. The van der Waals surface area contributed by atoms with Gasteiger partial charge in [-0.3, -0.25) is 0 Å². The monoisotopic (exact) mass is 323 g/mol.